The lowest BCUT2D eigenvalue weighted by molar-refractivity contribution is -0.120. The molecular weight excluding hydrogens is 183 g/mol. The summed E-state index contributed by atoms with van der Waals surface area (Å²) >= 11 is 0. The summed E-state index contributed by atoms with van der Waals surface area (Å²) in [5, 5.41) is 0. The lowest BCUT2D eigenvalue weighted by Crippen LogP contribution is -2.06. The summed E-state index contributed by atoms with van der Waals surface area (Å²) in [7, 11) is 1.35. The van der Waals surface area contributed by atoms with Crippen LogP contribution in [0.4, 0.5) is 4.39 Å². The van der Waals surface area contributed by atoms with Crippen LogP contribution in [0.15, 0.2) is 36.2 Å². The monoisotopic (exact) mass is 194 g/mol. The molecule has 0 bridgehead atoms. The van der Waals surface area contributed by atoms with Gasteiger partial charge < -0.3 is 4.74 Å². The topological polar surface area (TPSA) is 26.3 Å². The van der Waals surface area contributed by atoms with E-state index in [1.807, 2.05) is 6.07 Å². The number of hydrogen-bond donors (Lipinski definition) is 0. The molecule has 0 spiro atoms. The lowest BCUT2D eigenvalue weighted by atomic mass is 10.2. The van der Waals surface area contributed by atoms with E-state index in [0.29, 0.717) is 5.56 Å². The van der Waals surface area contributed by atoms with E-state index in [1.165, 1.54) is 13.2 Å². The van der Waals surface area contributed by atoms with Gasteiger partial charge in [0, 0.05) is 7.11 Å². The minimum atomic E-state index is -0.780. The van der Waals surface area contributed by atoms with Gasteiger partial charge in [-0.15, -0.1) is 0 Å². The highest BCUT2D eigenvalue weighted by molar-refractivity contribution is 5.98. The van der Waals surface area contributed by atoms with Crippen LogP contribution in [0.25, 0.3) is 6.08 Å². The molecule has 0 atom stereocenters. The van der Waals surface area contributed by atoms with Crippen molar-refractivity contribution < 1.29 is 13.9 Å². The molecule has 3 heteroatoms. The molecule has 1 aromatic rings. The van der Waals surface area contributed by atoms with E-state index in [1.54, 1.807) is 24.3 Å². The minimum absolute atomic E-state index is 0.227. The zero-order valence-corrected chi connectivity index (χ0v) is 7.87. The van der Waals surface area contributed by atoms with Gasteiger partial charge in [-0.3, -0.25) is 4.79 Å². The van der Waals surface area contributed by atoms with Gasteiger partial charge in [-0.25, -0.2) is 4.39 Å². The summed E-state index contributed by atoms with van der Waals surface area (Å²) in [6.45, 7) is -0.227. The van der Waals surface area contributed by atoms with Crippen LogP contribution in [0.1, 0.15) is 5.56 Å². The molecule has 0 fully saturated rings. The molecule has 0 unspecified atom stereocenters. The number of rotatable bonds is 4. The SMILES string of the molecule is COCC(=O)/C(F)=C/c1ccccc1. The van der Waals surface area contributed by atoms with Crippen molar-refractivity contribution in [3.63, 3.8) is 0 Å². The maximum atomic E-state index is 13.1. The molecule has 0 aliphatic carbocycles. The number of carbonyl (C=O) groups excluding carboxylic acids is 1. The van der Waals surface area contributed by atoms with E-state index in [0.717, 1.165) is 0 Å². The van der Waals surface area contributed by atoms with Gasteiger partial charge in [0.15, 0.2) is 5.83 Å². The number of benzene rings is 1. The largest absolute Gasteiger partial charge is 0.376 e. The van der Waals surface area contributed by atoms with E-state index >= 15 is 0 Å². The fraction of sp³-hybridized carbons (Fsp3) is 0.182. The van der Waals surface area contributed by atoms with Crippen LogP contribution in [0, 0.1) is 0 Å². The third kappa shape index (κ3) is 3.11. The molecule has 74 valence electrons. The summed E-state index contributed by atoms with van der Waals surface area (Å²) in [6, 6.07) is 8.82. The summed E-state index contributed by atoms with van der Waals surface area (Å²) < 4.78 is 17.6. The predicted octanol–water partition coefficient (Wildman–Crippen LogP) is 2.21. The predicted molar refractivity (Wildman–Crippen MR) is 52.4 cm³/mol. The Labute approximate surface area is 82.0 Å². The highest BCUT2D eigenvalue weighted by Crippen LogP contribution is 2.08. The second-order valence-electron chi connectivity index (χ2n) is 2.76. The number of carbonyl (C=O) groups is 1. The smallest absolute Gasteiger partial charge is 0.216 e. The Balaban J connectivity index is 2.74. The third-order valence-electron chi connectivity index (χ3n) is 1.63. The molecule has 0 aromatic heterocycles. The molecule has 0 aliphatic heterocycles. The molecule has 2 nitrogen and oxygen atoms in total. The Morgan fingerprint density at radius 1 is 1.43 bits per heavy atom. The summed E-state index contributed by atoms with van der Waals surface area (Å²) in [4.78, 5) is 11.0. The Kier molecular flexibility index (Phi) is 4.01. The van der Waals surface area contributed by atoms with Crippen molar-refractivity contribution in [2.75, 3.05) is 13.7 Å². The van der Waals surface area contributed by atoms with Crippen LogP contribution in [-0.4, -0.2) is 19.5 Å². The fourth-order valence-corrected chi connectivity index (χ4v) is 0.976. The number of ketones is 1. The van der Waals surface area contributed by atoms with Crippen LogP contribution in [0.2, 0.25) is 0 Å². The van der Waals surface area contributed by atoms with Gasteiger partial charge in [0.25, 0.3) is 0 Å². The van der Waals surface area contributed by atoms with E-state index in [4.69, 9.17) is 0 Å². The highest BCUT2D eigenvalue weighted by atomic mass is 19.1. The highest BCUT2D eigenvalue weighted by Gasteiger charge is 2.07. The van der Waals surface area contributed by atoms with Crippen molar-refractivity contribution in [3.8, 4) is 0 Å². The Bertz CT molecular complexity index is 330. The maximum Gasteiger partial charge on any atom is 0.216 e. The van der Waals surface area contributed by atoms with Crippen molar-refractivity contribution in [1.82, 2.24) is 0 Å². The maximum absolute atomic E-state index is 13.1. The molecule has 0 saturated carbocycles. The molecule has 0 amide bonds. The van der Waals surface area contributed by atoms with E-state index in [-0.39, 0.29) is 6.61 Å². The number of hydrogen-bond acceptors (Lipinski definition) is 2. The van der Waals surface area contributed by atoms with Crippen LogP contribution < -0.4 is 0 Å². The second-order valence-corrected chi connectivity index (χ2v) is 2.76. The third-order valence-corrected chi connectivity index (χ3v) is 1.63. The molecule has 0 saturated heterocycles. The Hall–Kier alpha value is -1.48. The average Bonchev–Trinajstić information content (AvgIpc) is 2.19. The molecule has 0 aliphatic rings. The lowest BCUT2D eigenvalue weighted by Gasteiger charge is -1.96. The van der Waals surface area contributed by atoms with Crippen LogP contribution >= 0.6 is 0 Å². The Morgan fingerprint density at radius 2 is 2.07 bits per heavy atom. The number of halogens is 1. The first-order valence-corrected chi connectivity index (χ1v) is 4.18. The first-order chi connectivity index (χ1) is 6.74. The van der Waals surface area contributed by atoms with Crippen LogP contribution in [-0.2, 0) is 9.53 Å². The fourth-order valence-electron chi connectivity index (χ4n) is 0.976. The first kappa shape index (κ1) is 10.6. The van der Waals surface area contributed by atoms with Crippen LogP contribution in [0.3, 0.4) is 0 Å². The second kappa shape index (κ2) is 5.29. The molecule has 1 rings (SSSR count). The van der Waals surface area contributed by atoms with Gasteiger partial charge in [0.1, 0.15) is 6.61 Å². The molecule has 0 radical (unpaired) electrons. The molecule has 0 heterocycles. The van der Waals surface area contributed by atoms with Crippen molar-refractivity contribution >= 4 is 11.9 Å². The normalized spacial score (nSPS) is 11.4. The molecule has 1 aromatic carbocycles. The zero-order valence-electron chi connectivity index (χ0n) is 7.87. The van der Waals surface area contributed by atoms with E-state index in [2.05, 4.69) is 4.74 Å². The van der Waals surface area contributed by atoms with E-state index in [9.17, 15) is 9.18 Å². The van der Waals surface area contributed by atoms with Crippen molar-refractivity contribution in [1.29, 1.82) is 0 Å². The van der Waals surface area contributed by atoms with Crippen molar-refractivity contribution in [2.24, 2.45) is 0 Å². The quantitative estimate of drug-likeness (QED) is 0.687. The van der Waals surface area contributed by atoms with Gasteiger partial charge in [-0.1, -0.05) is 30.3 Å². The molecular formula is C11H11FO2. The summed E-state index contributed by atoms with van der Waals surface area (Å²) in [5.74, 6) is -1.42. The standard InChI is InChI=1S/C11H11FO2/c1-14-8-11(13)10(12)7-9-5-3-2-4-6-9/h2-7H,8H2,1H3/b10-7-. The molecule has 0 N–H and O–H groups in total. The van der Waals surface area contributed by atoms with Crippen LogP contribution in [0.5, 0.6) is 0 Å². The van der Waals surface area contributed by atoms with Gasteiger partial charge >= 0.3 is 0 Å². The van der Waals surface area contributed by atoms with Gasteiger partial charge in [0.05, 0.1) is 0 Å². The Morgan fingerprint density at radius 3 is 2.64 bits per heavy atom. The molecule has 14 heavy (non-hydrogen) atoms. The summed E-state index contributed by atoms with van der Waals surface area (Å²) in [6.07, 6.45) is 1.20. The van der Waals surface area contributed by atoms with Gasteiger partial charge in [-0.05, 0) is 11.6 Å². The number of Topliss-reactive ketones (excluding diaryl/α,β-unsaturated/α-hetero) is 1. The average molecular weight is 194 g/mol. The first-order valence-electron chi connectivity index (χ1n) is 4.18. The number of methoxy groups -OCH3 is 1. The minimum Gasteiger partial charge on any atom is -0.376 e. The summed E-state index contributed by atoms with van der Waals surface area (Å²) in [5.41, 5.74) is 0.662. The van der Waals surface area contributed by atoms with Crippen molar-refractivity contribution in [3.05, 3.63) is 41.7 Å². The van der Waals surface area contributed by atoms with Gasteiger partial charge in [0.2, 0.25) is 5.78 Å². The zero-order chi connectivity index (χ0) is 10.4. The van der Waals surface area contributed by atoms with E-state index < -0.39 is 11.6 Å². The van der Waals surface area contributed by atoms with Gasteiger partial charge in [-0.2, -0.15) is 0 Å². The number of ether oxygens (including phenoxy) is 1. The van der Waals surface area contributed by atoms with Crippen molar-refractivity contribution in [2.45, 2.75) is 0 Å².